The van der Waals surface area contributed by atoms with Crippen molar-refractivity contribution in [2.24, 2.45) is 10.2 Å². The number of hydrogen-bond donors (Lipinski definition) is 0. The Bertz CT molecular complexity index is 504. The van der Waals surface area contributed by atoms with Crippen LogP contribution in [0.25, 0.3) is 0 Å². The molecule has 0 aliphatic carbocycles. The van der Waals surface area contributed by atoms with Gasteiger partial charge in [0.1, 0.15) is 5.75 Å². The van der Waals surface area contributed by atoms with Gasteiger partial charge in [-0.15, -0.1) is 0 Å². The summed E-state index contributed by atoms with van der Waals surface area (Å²) in [6.07, 6.45) is 1.39. The molecule has 17 heavy (non-hydrogen) atoms. The second-order valence-electron chi connectivity index (χ2n) is 3.31. The standard InChI is InChI=1S/C14H12N2O/c1-2-17-14-10-8-13(9-11-14)16-15-12-6-4-3-5-7-12/h2-11H,1H2/b16-15+. The van der Waals surface area contributed by atoms with Gasteiger partial charge >= 0.3 is 0 Å². The first-order valence-electron chi connectivity index (χ1n) is 5.23. The Balaban J connectivity index is 2.08. The Kier molecular flexibility index (Phi) is 3.65. The van der Waals surface area contributed by atoms with Crippen LogP contribution in [0.1, 0.15) is 0 Å². The van der Waals surface area contributed by atoms with Crippen LogP contribution < -0.4 is 4.74 Å². The molecule has 0 saturated heterocycles. The third kappa shape index (κ3) is 3.28. The summed E-state index contributed by atoms with van der Waals surface area (Å²) >= 11 is 0. The van der Waals surface area contributed by atoms with Crippen LogP contribution in [0, 0.1) is 0 Å². The van der Waals surface area contributed by atoms with Gasteiger partial charge in [-0.2, -0.15) is 10.2 Å². The zero-order valence-corrected chi connectivity index (χ0v) is 9.28. The molecular weight excluding hydrogens is 212 g/mol. The second kappa shape index (κ2) is 5.61. The predicted octanol–water partition coefficient (Wildman–Crippen LogP) is 4.62. The smallest absolute Gasteiger partial charge is 0.126 e. The fourth-order valence-corrected chi connectivity index (χ4v) is 1.30. The molecule has 0 heterocycles. The van der Waals surface area contributed by atoms with Crippen molar-refractivity contribution in [1.82, 2.24) is 0 Å². The molecule has 2 rings (SSSR count). The normalized spacial score (nSPS) is 10.4. The van der Waals surface area contributed by atoms with Crippen LogP contribution in [0.4, 0.5) is 11.4 Å². The first-order valence-corrected chi connectivity index (χ1v) is 5.23. The lowest BCUT2D eigenvalue weighted by Crippen LogP contribution is -1.78. The summed E-state index contributed by atoms with van der Waals surface area (Å²) in [5.74, 6) is 0.735. The Morgan fingerprint density at radius 3 is 2.00 bits per heavy atom. The molecule has 0 saturated carbocycles. The highest BCUT2D eigenvalue weighted by atomic mass is 16.5. The quantitative estimate of drug-likeness (QED) is 0.551. The molecule has 0 spiro atoms. The zero-order chi connectivity index (χ0) is 11.9. The molecule has 2 aromatic carbocycles. The van der Waals surface area contributed by atoms with E-state index in [0.717, 1.165) is 17.1 Å². The van der Waals surface area contributed by atoms with Crippen molar-refractivity contribution < 1.29 is 4.74 Å². The monoisotopic (exact) mass is 224 g/mol. The fraction of sp³-hybridized carbons (Fsp3) is 0. The molecule has 3 heteroatoms. The molecule has 2 aromatic rings. The van der Waals surface area contributed by atoms with E-state index in [9.17, 15) is 0 Å². The molecule has 0 aliphatic heterocycles. The maximum atomic E-state index is 5.12. The van der Waals surface area contributed by atoms with E-state index in [0.29, 0.717) is 0 Å². The first kappa shape index (κ1) is 11.1. The van der Waals surface area contributed by atoms with Gasteiger partial charge in [-0.25, -0.2) is 0 Å². The Hall–Kier alpha value is -2.42. The van der Waals surface area contributed by atoms with Gasteiger partial charge in [-0.05, 0) is 36.4 Å². The molecule has 0 N–H and O–H groups in total. The summed E-state index contributed by atoms with van der Waals surface area (Å²) < 4.78 is 5.12. The van der Waals surface area contributed by atoms with E-state index in [1.54, 1.807) is 0 Å². The third-order valence-corrected chi connectivity index (χ3v) is 2.09. The maximum Gasteiger partial charge on any atom is 0.126 e. The summed E-state index contributed by atoms with van der Waals surface area (Å²) in [6.45, 7) is 3.49. The molecule has 0 aromatic heterocycles. The molecule has 3 nitrogen and oxygen atoms in total. The highest BCUT2D eigenvalue weighted by Crippen LogP contribution is 2.20. The highest BCUT2D eigenvalue weighted by Gasteiger charge is 1.92. The molecule has 0 bridgehead atoms. The fourth-order valence-electron chi connectivity index (χ4n) is 1.30. The topological polar surface area (TPSA) is 34.0 Å². The van der Waals surface area contributed by atoms with E-state index in [1.165, 1.54) is 6.26 Å². The summed E-state index contributed by atoms with van der Waals surface area (Å²) in [4.78, 5) is 0. The number of hydrogen-bond acceptors (Lipinski definition) is 3. The van der Waals surface area contributed by atoms with Gasteiger partial charge in [0.05, 0.1) is 17.6 Å². The van der Waals surface area contributed by atoms with Crippen LogP contribution in [-0.2, 0) is 0 Å². The molecule has 0 fully saturated rings. The Labute approximate surface area is 100 Å². The number of azo groups is 1. The molecule has 0 radical (unpaired) electrons. The molecule has 0 amide bonds. The average Bonchev–Trinajstić information content (AvgIpc) is 2.40. The van der Waals surface area contributed by atoms with Crippen LogP contribution in [0.2, 0.25) is 0 Å². The van der Waals surface area contributed by atoms with Crippen molar-refractivity contribution in [1.29, 1.82) is 0 Å². The maximum absolute atomic E-state index is 5.12. The lowest BCUT2D eigenvalue weighted by Gasteiger charge is -1.98. The molecule has 0 aliphatic rings. The third-order valence-electron chi connectivity index (χ3n) is 2.09. The Morgan fingerprint density at radius 2 is 1.41 bits per heavy atom. The first-order chi connectivity index (χ1) is 8.38. The minimum absolute atomic E-state index is 0.735. The minimum Gasteiger partial charge on any atom is -0.466 e. The van der Waals surface area contributed by atoms with Gasteiger partial charge in [0.2, 0.25) is 0 Å². The SMILES string of the molecule is C=COc1ccc(/N=N/c2ccccc2)cc1. The van der Waals surface area contributed by atoms with Crippen molar-refractivity contribution in [2.45, 2.75) is 0 Å². The lowest BCUT2D eigenvalue weighted by molar-refractivity contribution is 0.483. The summed E-state index contributed by atoms with van der Waals surface area (Å²) in [6, 6.07) is 16.9. The number of rotatable bonds is 4. The van der Waals surface area contributed by atoms with Gasteiger partial charge in [-0.1, -0.05) is 24.8 Å². The van der Waals surface area contributed by atoms with E-state index in [-0.39, 0.29) is 0 Å². The van der Waals surface area contributed by atoms with Crippen LogP contribution in [0.3, 0.4) is 0 Å². The molecular formula is C14H12N2O. The van der Waals surface area contributed by atoms with E-state index in [1.807, 2.05) is 54.6 Å². The van der Waals surface area contributed by atoms with Gasteiger partial charge in [0.15, 0.2) is 0 Å². The van der Waals surface area contributed by atoms with Crippen molar-refractivity contribution >= 4 is 11.4 Å². The summed E-state index contributed by atoms with van der Waals surface area (Å²) in [5, 5.41) is 8.24. The van der Waals surface area contributed by atoms with E-state index in [2.05, 4.69) is 16.8 Å². The van der Waals surface area contributed by atoms with Crippen molar-refractivity contribution in [3.8, 4) is 5.75 Å². The molecule has 0 atom stereocenters. The second-order valence-corrected chi connectivity index (χ2v) is 3.31. The van der Waals surface area contributed by atoms with Gasteiger partial charge in [-0.3, -0.25) is 0 Å². The van der Waals surface area contributed by atoms with E-state index < -0.39 is 0 Å². The van der Waals surface area contributed by atoms with Crippen molar-refractivity contribution in [3.05, 3.63) is 67.4 Å². The average molecular weight is 224 g/mol. The minimum atomic E-state index is 0.735. The highest BCUT2D eigenvalue weighted by molar-refractivity contribution is 5.42. The lowest BCUT2D eigenvalue weighted by atomic mass is 10.3. The largest absolute Gasteiger partial charge is 0.466 e. The van der Waals surface area contributed by atoms with E-state index >= 15 is 0 Å². The van der Waals surface area contributed by atoms with Crippen molar-refractivity contribution in [2.75, 3.05) is 0 Å². The van der Waals surface area contributed by atoms with Crippen LogP contribution in [-0.4, -0.2) is 0 Å². The van der Waals surface area contributed by atoms with Crippen LogP contribution in [0.5, 0.6) is 5.75 Å². The Morgan fingerprint density at radius 1 is 0.824 bits per heavy atom. The van der Waals surface area contributed by atoms with Crippen LogP contribution in [0.15, 0.2) is 77.7 Å². The van der Waals surface area contributed by atoms with Gasteiger partial charge < -0.3 is 4.74 Å². The number of nitrogens with zero attached hydrogens (tertiary/aromatic N) is 2. The van der Waals surface area contributed by atoms with Gasteiger partial charge in [0.25, 0.3) is 0 Å². The number of benzene rings is 2. The van der Waals surface area contributed by atoms with E-state index in [4.69, 9.17) is 4.74 Å². The number of ether oxygens (including phenoxy) is 1. The zero-order valence-electron chi connectivity index (χ0n) is 9.28. The predicted molar refractivity (Wildman–Crippen MR) is 67.9 cm³/mol. The molecule has 0 unspecified atom stereocenters. The van der Waals surface area contributed by atoms with Crippen LogP contribution >= 0.6 is 0 Å². The summed E-state index contributed by atoms with van der Waals surface area (Å²) in [7, 11) is 0. The molecule has 84 valence electrons. The van der Waals surface area contributed by atoms with Gasteiger partial charge in [0, 0.05) is 0 Å². The van der Waals surface area contributed by atoms with Crippen molar-refractivity contribution in [3.63, 3.8) is 0 Å². The summed E-state index contributed by atoms with van der Waals surface area (Å²) in [5.41, 5.74) is 1.61.